The fraction of sp³-hybridized carbons (Fsp3) is 0.158. The first kappa shape index (κ1) is 16.3. The number of esters is 1. The van der Waals surface area contributed by atoms with Crippen LogP contribution in [0.15, 0.2) is 59.5 Å². The normalized spacial score (nSPS) is 16.5. The van der Waals surface area contributed by atoms with Crippen molar-refractivity contribution < 1.29 is 14.3 Å². The molecule has 5 heteroatoms. The number of hydrogen-bond donors (Lipinski definition) is 1. The van der Waals surface area contributed by atoms with Gasteiger partial charge in [-0.2, -0.15) is 0 Å². The highest BCUT2D eigenvalue weighted by molar-refractivity contribution is 8.00. The Morgan fingerprint density at radius 1 is 1.25 bits per heavy atom. The van der Waals surface area contributed by atoms with E-state index in [4.69, 9.17) is 4.74 Å². The summed E-state index contributed by atoms with van der Waals surface area (Å²) in [5.74, 6) is -0.461. The van der Waals surface area contributed by atoms with Crippen LogP contribution in [0.3, 0.4) is 0 Å². The Hall–Kier alpha value is -2.53. The first-order valence-electron chi connectivity index (χ1n) is 7.64. The monoisotopic (exact) mass is 339 g/mol. The first-order chi connectivity index (χ1) is 11.6. The molecule has 1 N–H and O–H groups in total. The molecule has 24 heavy (non-hydrogen) atoms. The highest BCUT2D eigenvalue weighted by atomic mass is 32.2. The molecule has 0 aliphatic carbocycles. The lowest BCUT2D eigenvalue weighted by Crippen LogP contribution is -2.26. The van der Waals surface area contributed by atoms with E-state index < -0.39 is 5.97 Å². The van der Waals surface area contributed by atoms with Gasteiger partial charge in [-0.3, -0.25) is 4.79 Å². The van der Waals surface area contributed by atoms with Gasteiger partial charge in [-0.15, -0.1) is 11.8 Å². The van der Waals surface area contributed by atoms with Gasteiger partial charge in [-0.1, -0.05) is 36.4 Å². The van der Waals surface area contributed by atoms with Crippen LogP contribution >= 0.6 is 11.8 Å². The molecule has 1 unspecified atom stereocenters. The van der Waals surface area contributed by atoms with Gasteiger partial charge in [0.25, 0.3) is 0 Å². The van der Waals surface area contributed by atoms with Gasteiger partial charge in [0.2, 0.25) is 5.91 Å². The first-order valence-corrected chi connectivity index (χ1v) is 8.52. The summed E-state index contributed by atoms with van der Waals surface area (Å²) < 4.78 is 5.24. The number of carbonyl (C=O) groups is 2. The van der Waals surface area contributed by atoms with E-state index in [0.29, 0.717) is 11.3 Å². The average Bonchev–Trinajstić information content (AvgIpc) is 2.60. The summed E-state index contributed by atoms with van der Waals surface area (Å²) in [6.45, 7) is 2.05. The Balaban J connectivity index is 1.61. The maximum Gasteiger partial charge on any atom is 0.338 e. The average molecular weight is 339 g/mol. The maximum atomic E-state index is 12.1. The number of fused-ring (bicyclic) bond motifs is 1. The van der Waals surface area contributed by atoms with Crippen LogP contribution in [0.25, 0.3) is 6.08 Å². The molecule has 0 spiro atoms. The van der Waals surface area contributed by atoms with Gasteiger partial charge >= 0.3 is 5.97 Å². The molecule has 1 atom stereocenters. The number of hydrogen-bond acceptors (Lipinski definition) is 4. The lowest BCUT2D eigenvalue weighted by atomic mass is 10.2. The van der Waals surface area contributed by atoms with Gasteiger partial charge in [0.1, 0.15) is 6.61 Å². The summed E-state index contributed by atoms with van der Waals surface area (Å²) in [6, 6.07) is 15.0. The van der Waals surface area contributed by atoms with E-state index in [1.807, 2.05) is 49.4 Å². The number of amides is 1. The predicted molar refractivity (Wildman–Crippen MR) is 96.1 cm³/mol. The van der Waals surface area contributed by atoms with Crippen LogP contribution < -0.4 is 5.32 Å². The number of benzene rings is 2. The molecule has 0 saturated carbocycles. The van der Waals surface area contributed by atoms with Crippen molar-refractivity contribution in [2.24, 2.45) is 0 Å². The molecule has 0 saturated heterocycles. The Morgan fingerprint density at radius 3 is 2.83 bits per heavy atom. The zero-order valence-electron chi connectivity index (χ0n) is 13.2. The van der Waals surface area contributed by atoms with Crippen molar-refractivity contribution in [2.75, 3.05) is 11.9 Å². The second kappa shape index (κ2) is 7.36. The van der Waals surface area contributed by atoms with Crippen LogP contribution in [-0.2, 0) is 9.53 Å². The highest BCUT2D eigenvalue weighted by Crippen LogP contribution is 2.35. The number of carbonyl (C=O) groups excluding carboxylic acids is 2. The molecule has 0 fully saturated rings. The minimum absolute atomic E-state index is 0.0520. The van der Waals surface area contributed by atoms with Crippen LogP contribution in [0.4, 0.5) is 5.69 Å². The van der Waals surface area contributed by atoms with E-state index >= 15 is 0 Å². The summed E-state index contributed by atoms with van der Waals surface area (Å²) in [5.41, 5.74) is 2.14. The predicted octanol–water partition coefficient (Wildman–Crippen LogP) is 3.99. The lowest BCUT2D eigenvalue weighted by Gasteiger charge is -2.21. The molecular weight excluding hydrogens is 322 g/mol. The standard InChI is InChI=1S/C19H17NO3S/c1-13-18(21)20-16-12-15(9-10-17(16)24-13)19(22)23-11-5-8-14-6-3-2-4-7-14/h2-10,12-13H,11H2,1H3,(H,20,21)/b8-5+. The molecule has 1 aliphatic rings. The highest BCUT2D eigenvalue weighted by Gasteiger charge is 2.23. The lowest BCUT2D eigenvalue weighted by molar-refractivity contribution is -0.115. The molecule has 0 bridgehead atoms. The number of nitrogens with one attached hydrogen (secondary N) is 1. The van der Waals surface area contributed by atoms with Crippen molar-refractivity contribution in [3.63, 3.8) is 0 Å². The van der Waals surface area contributed by atoms with Gasteiger partial charge in [0.15, 0.2) is 0 Å². The molecule has 3 rings (SSSR count). The van der Waals surface area contributed by atoms with Gasteiger partial charge in [0, 0.05) is 4.90 Å². The Labute approximate surface area is 144 Å². The molecule has 1 heterocycles. The van der Waals surface area contributed by atoms with Gasteiger partial charge in [0.05, 0.1) is 16.5 Å². The quantitative estimate of drug-likeness (QED) is 0.856. The van der Waals surface area contributed by atoms with Crippen molar-refractivity contribution in [3.8, 4) is 0 Å². The fourth-order valence-corrected chi connectivity index (χ4v) is 3.22. The fourth-order valence-electron chi connectivity index (χ4n) is 2.29. The minimum atomic E-state index is -0.409. The van der Waals surface area contributed by atoms with E-state index in [2.05, 4.69) is 5.32 Å². The molecule has 0 radical (unpaired) electrons. The van der Waals surface area contributed by atoms with Crippen molar-refractivity contribution in [1.29, 1.82) is 0 Å². The molecule has 4 nitrogen and oxygen atoms in total. The second-order valence-corrected chi connectivity index (χ2v) is 6.75. The van der Waals surface area contributed by atoms with Crippen LogP contribution in [0.5, 0.6) is 0 Å². The Morgan fingerprint density at radius 2 is 2.04 bits per heavy atom. The number of thioether (sulfide) groups is 1. The molecule has 0 aromatic heterocycles. The van der Waals surface area contributed by atoms with Crippen molar-refractivity contribution in [1.82, 2.24) is 0 Å². The van der Waals surface area contributed by atoms with Crippen molar-refractivity contribution >= 4 is 35.4 Å². The molecule has 1 amide bonds. The molecule has 2 aromatic carbocycles. The molecule has 1 aliphatic heterocycles. The van der Waals surface area contributed by atoms with Crippen molar-refractivity contribution in [3.05, 3.63) is 65.7 Å². The van der Waals surface area contributed by atoms with E-state index in [1.165, 1.54) is 11.8 Å². The molecule has 2 aromatic rings. The van der Waals surface area contributed by atoms with Crippen LogP contribution in [0, 0.1) is 0 Å². The third-order valence-corrected chi connectivity index (χ3v) is 4.74. The van der Waals surface area contributed by atoms with Gasteiger partial charge in [-0.25, -0.2) is 4.79 Å². The summed E-state index contributed by atoms with van der Waals surface area (Å²) >= 11 is 1.48. The Bertz CT molecular complexity index is 786. The van der Waals surface area contributed by atoms with Crippen LogP contribution in [-0.4, -0.2) is 23.7 Å². The summed E-state index contributed by atoms with van der Waals surface area (Å²) in [7, 11) is 0. The SMILES string of the molecule is CC1Sc2ccc(C(=O)OC/C=C/c3ccccc3)cc2NC1=O. The van der Waals surface area contributed by atoms with Gasteiger partial charge < -0.3 is 10.1 Å². The molecule has 122 valence electrons. The summed E-state index contributed by atoms with van der Waals surface area (Å²) in [6.07, 6.45) is 3.70. The van der Waals surface area contributed by atoms with Gasteiger partial charge in [-0.05, 0) is 36.8 Å². The van der Waals surface area contributed by atoms with Crippen LogP contribution in [0.2, 0.25) is 0 Å². The number of ether oxygens (including phenoxy) is 1. The third-order valence-electron chi connectivity index (χ3n) is 3.57. The van der Waals surface area contributed by atoms with Crippen molar-refractivity contribution in [2.45, 2.75) is 17.1 Å². The third kappa shape index (κ3) is 3.86. The van der Waals surface area contributed by atoms with Crippen LogP contribution in [0.1, 0.15) is 22.8 Å². The largest absolute Gasteiger partial charge is 0.458 e. The van der Waals surface area contributed by atoms with E-state index in [-0.39, 0.29) is 17.8 Å². The number of rotatable bonds is 4. The zero-order valence-corrected chi connectivity index (χ0v) is 14.0. The topological polar surface area (TPSA) is 55.4 Å². The summed E-state index contributed by atoms with van der Waals surface area (Å²) in [5, 5.41) is 2.69. The number of anilines is 1. The minimum Gasteiger partial charge on any atom is -0.458 e. The van der Waals surface area contributed by atoms with E-state index in [9.17, 15) is 9.59 Å². The summed E-state index contributed by atoms with van der Waals surface area (Å²) in [4.78, 5) is 24.8. The maximum absolute atomic E-state index is 12.1. The Kier molecular flexibility index (Phi) is 5.01. The molecular formula is C19H17NO3S. The zero-order chi connectivity index (χ0) is 16.9. The second-order valence-electron chi connectivity index (χ2n) is 5.37. The smallest absolute Gasteiger partial charge is 0.338 e. The van der Waals surface area contributed by atoms with E-state index in [1.54, 1.807) is 18.2 Å². The van der Waals surface area contributed by atoms with E-state index in [0.717, 1.165) is 10.5 Å².